The Hall–Kier alpha value is -3.95. The predicted molar refractivity (Wildman–Crippen MR) is 278 cm³/mol. The number of carbonyl (C=O) groups excluding carboxylic acids is 7. The van der Waals surface area contributed by atoms with E-state index in [4.69, 9.17) is 33.2 Å². The van der Waals surface area contributed by atoms with Crippen LogP contribution >= 0.6 is 0 Å². The number of hydrogen-bond donors (Lipinski definition) is 0. The lowest BCUT2D eigenvalue weighted by atomic mass is 10.0. The largest absolute Gasteiger partial charge is 0.466 e. The van der Waals surface area contributed by atoms with Crippen molar-refractivity contribution in [2.24, 2.45) is 11.8 Å². The summed E-state index contributed by atoms with van der Waals surface area (Å²) in [6.07, 6.45) is 23.0. The van der Waals surface area contributed by atoms with E-state index < -0.39 is 59.9 Å². The number of likely N-dealkylation sites (tertiary alicyclic amines) is 1. The smallest absolute Gasteiger partial charge is 0.410 e. The molecule has 0 spiro atoms. The summed E-state index contributed by atoms with van der Waals surface area (Å²) in [5.74, 6) is -4.43. The molecule has 0 aromatic rings. The molecule has 0 radical (unpaired) electrons. The number of unbranched alkanes of at least 4 members (excludes halogenated alkanes) is 20. The molecule has 0 bridgehead atoms. The van der Waals surface area contributed by atoms with E-state index in [1.165, 1.54) is 17.7 Å². The average molecular weight is 1030 g/mol. The second kappa shape index (κ2) is 44.5. The molecule has 4 atom stereocenters. The van der Waals surface area contributed by atoms with Gasteiger partial charge in [0.25, 0.3) is 0 Å². The SMILES string of the molecule is CCCCCCCCOC(=O)CC(COC(=O)CCCCCCCC)CC(=O)OC[C@@H]1C[C@@H](OC(=O)CC(COC(=O)CCCCCCCC)CC(=O)OCCCCCCCC)CN1C(=O)OCCN(C)C. The van der Waals surface area contributed by atoms with Gasteiger partial charge in [0.15, 0.2) is 0 Å². The highest BCUT2D eigenvalue weighted by molar-refractivity contribution is 5.75. The van der Waals surface area contributed by atoms with Gasteiger partial charge >= 0.3 is 41.9 Å². The summed E-state index contributed by atoms with van der Waals surface area (Å²) in [5, 5.41) is 0. The van der Waals surface area contributed by atoms with Crippen molar-refractivity contribution < 1.29 is 66.7 Å². The minimum absolute atomic E-state index is 0.0331. The van der Waals surface area contributed by atoms with E-state index in [-0.39, 0.29) is 97.1 Å². The number of likely N-dealkylation sites (N-methyl/N-ethyl adjacent to an activating group) is 1. The molecule has 0 saturated carbocycles. The van der Waals surface area contributed by atoms with E-state index in [0.717, 1.165) is 128 Å². The third-order valence-corrected chi connectivity index (χ3v) is 12.9. The lowest BCUT2D eigenvalue weighted by Crippen LogP contribution is -2.40. The van der Waals surface area contributed by atoms with Crippen molar-refractivity contribution in [1.82, 2.24) is 9.80 Å². The van der Waals surface area contributed by atoms with Crippen molar-refractivity contribution in [3.05, 3.63) is 0 Å². The Balaban J connectivity index is 3.02. The van der Waals surface area contributed by atoms with Crippen LogP contribution in [-0.4, -0.2) is 131 Å². The number of ether oxygens (including phenoxy) is 7. The molecule has 0 N–H and O–H groups in total. The first-order chi connectivity index (χ1) is 34.8. The highest BCUT2D eigenvalue weighted by Crippen LogP contribution is 2.25. The molecule has 1 fully saturated rings. The first kappa shape index (κ1) is 66.1. The number of esters is 6. The van der Waals surface area contributed by atoms with Gasteiger partial charge in [0, 0.05) is 37.6 Å². The minimum Gasteiger partial charge on any atom is -0.466 e. The van der Waals surface area contributed by atoms with E-state index in [2.05, 4.69) is 27.7 Å². The monoisotopic (exact) mass is 1020 g/mol. The van der Waals surface area contributed by atoms with Gasteiger partial charge in [-0.15, -0.1) is 0 Å². The molecule has 0 aromatic carbocycles. The van der Waals surface area contributed by atoms with Crippen LogP contribution in [0.2, 0.25) is 0 Å². The molecular weight excluding hydrogens is 925 g/mol. The summed E-state index contributed by atoms with van der Waals surface area (Å²) in [4.78, 5) is 95.0. The molecule has 1 saturated heterocycles. The van der Waals surface area contributed by atoms with Crippen LogP contribution in [0.1, 0.15) is 227 Å². The maximum Gasteiger partial charge on any atom is 0.410 e. The number of amides is 1. The van der Waals surface area contributed by atoms with Gasteiger partial charge < -0.3 is 38.1 Å². The first-order valence-electron chi connectivity index (χ1n) is 28.4. The van der Waals surface area contributed by atoms with Crippen LogP contribution in [-0.2, 0) is 61.9 Å². The third-order valence-electron chi connectivity index (χ3n) is 12.9. The zero-order valence-corrected chi connectivity index (χ0v) is 46.0. The number of carbonyl (C=O) groups is 7. The second-order valence-electron chi connectivity index (χ2n) is 20.2. The van der Waals surface area contributed by atoms with Crippen molar-refractivity contribution in [1.29, 1.82) is 0 Å². The lowest BCUT2D eigenvalue weighted by molar-refractivity contribution is -0.156. The summed E-state index contributed by atoms with van der Waals surface area (Å²) in [7, 11) is 3.69. The zero-order chi connectivity index (χ0) is 53.0. The molecule has 1 rings (SSSR count). The van der Waals surface area contributed by atoms with E-state index in [1.807, 2.05) is 19.0 Å². The fraction of sp³-hybridized carbons (Fsp3) is 0.875. The van der Waals surface area contributed by atoms with Gasteiger partial charge in [-0.25, -0.2) is 4.79 Å². The topological polar surface area (TPSA) is 191 Å². The fourth-order valence-corrected chi connectivity index (χ4v) is 8.46. The van der Waals surface area contributed by atoms with Crippen LogP contribution in [0.25, 0.3) is 0 Å². The van der Waals surface area contributed by atoms with Gasteiger partial charge in [0.1, 0.15) is 19.3 Å². The standard InChI is InChI=1S/C56H100N2O14/c1-7-11-15-19-23-27-31-50(59)69-43-46(37-52(61)66-34-29-25-21-17-13-9-3)39-54(63)71-45-48-41-49(42-58(48)56(65)68-36-33-57(5)6)72-55(64)40-47(38-53(62)67-35-30-26-22-18-14-10-4)44-70-51(60)32-28-24-20-16-12-8-2/h46-49H,7-45H2,1-6H3/t46?,47?,48-,49+/m0/s1. The van der Waals surface area contributed by atoms with E-state index >= 15 is 0 Å². The minimum atomic E-state index is -0.793. The zero-order valence-electron chi connectivity index (χ0n) is 46.0. The van der Waals surface area contributed by atoms with E-state index in [0.29, 0.717) is 19.4 Å². The predicted octanol–water partition coefficient (Wildman–Crippen LogP) is 11.4. The van der Waals surface area contributed by atoms with Crippen LogP contribution in [0, 0.1) is 11.8 Å². The number of rotatable bonds is 46. The molecule has 16 heteroatoms. The van der Waals surface area contributed by atoms with Crippen LogP contribution < -0.4 is 0 Å². The quantitative estimate of drug-likeness (QED) is 0.0318. The summed E-state index contributed by atoms with van der Waals surface area (Å²) < 4.78 is 39.3. The van der Waals surface area contributed by atoms with Crippen molar-refractivity contribution in [3.63, 3.8) is 0 Å². The van der Waals surface area contributed by atoms with Gasteiger partial charge in [-0.1, -0.05) is 156 Å². The Morgan fingerprint density at radius 3 is 1.26 bits per heavy atom. The van der Waals surface area contributed by atoms with Crippen LogP contribution in [0.3, 0.4) is 0 Å². The Bertz CT molecular complexity index is 1460. The molecule has 16 nitrogen and oxygen atoms in total. The van der Waals surface area contributed by atoms with Crippen LogP contribution in [0.4, 0.5) is 4.79 Å². The molecule has 0 aromatic heterocycles. The number of hydrogen-bond acceptors (Lipinski definition) is 15. The molecule has 72 heavy (non-hydrogen) atoms. The first-order valence-corrected chi connectivity index (χ1v) is 28.4. The second-order valence-corrected chi connectivity index (χ2v) is 20.2. The van der Waals surface area contributed by atoms with E-state index in [9.17, 15) is 33.6 Å². The number of nitrogens with zero attached hydrogens (tertiary/aromatic N) is 2. The van der Waals surface area contributed by atoms with Gasteiger partial charge in [0.2, 0.25) is 0 Å². The van der Waals surface area contributed by atoms with Gasteiger partial charge in [-0.05, 0) is 39.8 Å². The summed E-state index contributed by atoms with van der Waals surface area (Å²) in [5.41, 5.74) is 0. The van der Waals surface area contributed by atoms with Crippen molar-refractivity contribution in [2.75, 3.05) is 66.8 Å². The molecule has 418 valence electrons. The third kappa shape index (κ3) is 36.9. The fourth-order valence-electron chi connectivity index (χ4n) is 8.46. The molecule has 1 aliphatic rings. The van der Waals surface area contributed by atoms with Gasteiger partial charge in [-0.3, -0.25) is 33.7 Å². The highest BCUT2D eigenvalue weighted by atomic mass is 16.6. The Labute approximate surface area is 434 Å². The molecule has 1 amide bonds. The van der Waals surface area contributed by atoms with Gasteiger partial charge in [0.05, 0.1) is 64.7 Å². The maximum absolute atomic E-state index is 13.6. The summed E-state index contributed by atoms with van der Waals surface area (Å²) in [6.45, 7) is 9.13. The molecule has 2 unspecified atom stereocenters. The molecule has 0 aliphatic carbocycles. The molecule has 1 heterocycles. The van der Waals surface area contributed by atoms with Crippen molar-refractivity contribution in [3.8, 4) is 0 Å². The van der Waals surface area contributed by atoms with Gasteiger partial charge in [-0.2, -0.15) is 0 Å². The maximum atomic E-state index is 13.6. The van der Waals surface area contributed by atoms with E-state index in [1.54, 1.807) is 0 Å². The Morgan fingerprint density at radius 1 is 0.444 bits per heavy atom. The molecule has 1 aliphatic heterocycles. The van der Waals surface area contributed by atoms with Crippen molar-refractivity contribution in [2.45, 2.75) is 239 Å². The Kier molecular flexibility index (Phi) is 40.9. The normalized spacial score (nSPS) is 15.2. The van der Waals surface area contributed by atoms with Crippen molar-refractivity contribution >= 4 is 41.9 Å². The van der Waals surface area contributed by atoms with Crippen LogP contribution in [0.5, 0.6) is 0 Å². The summed E-state index contributed by atoms with van der Waals surface area (Å²) in [6, 6.07) is -0.717. The highest BCUT2D eigenvalue weighted by Gasteiger charge is 2.39. The van der Waals surface area contributed by atoms with Crippen LogP contribution in [0.15, 0.2) is 0 Å². The lowest BCUT2D eigenvalue weighted by Gasteiger charge is -2.24. The Morgan fingerprint density at radius 2 is 0.833 bits per heavy atom. The molecular formula is C56H100N2O14. The summed E-state index contributed by atoms with van der Waals surface area (Å²) >= 11 is 0. The average Bonchev–Trinajstić information content (AvgIpc) is 3.75.